The molecule has 129 heavy (non-hydrogen) atoms. The molecule has 0 bridgehead atoms. The van der Waals surface area contributed by atoms with Gasteiger partial charge in [-0.25, -0.2) is 0 Å². The Morgan fingerprint density at radius 1 is 0.186 bits per heavy atom. The Morgan fingerprint density at radius 3 is 0.853 bits per heavy atom. The maximum atomic E-state index is 2.76. The zero-order valence-electron chi connectivity index (χ0n) is 76.4. The molecule has 0 saturated carbocycles. The number of nitrogens with zero attached hydrogens (tertiary/aromatic N) is 6. The predicted molar refractivity (Wildman–Crippen MR) is 553 cm³/mol. The quantitative estimate of drug-likeness (QED) is 0.128. The molecule has 4 aromatic heterocycles. The molecular formula is C122H105BN6. The first kappa shape index (κ1) is 79.3. The van der Waals surface area contributed by atoms with Crippen molar-refractivity contribution in [1.82, 2.24) is 18.3 Å². The molecule has 2 aliphatic rings. The minimum absolute atomic E-state index is 0.0919. The first-order chi connectivity index (χ1) is 62.1. The number of hydrogen-bond acceptors (Lipinski definition) is 2. The van der Waals surface area contributed by atoms with Crippen LogP contribution in [0, 0.1) is 0 Å². The molecule has 0 atom stereocenters. The first-order valence-electron chi connectivity index (χ1n) is 46.0. The van der Waals surface area contributed by atoms with E-state index < -0.39 is 0 Å². The fraction of sp³-hybridized carbons (Fsp3) is 0.164. The second-order valence-electron chi connectivity index (χ2n) is 41.4. The third-order valence-electron chi connectivity index (χ3n) is 28.0. The molecule has 6 heterocycles. The lowest BCUT2D eigenvalue weighted by Gasteiger charge is -2.45. The van der Waals surface area contributed by atoms with E-state index in [1.807, 2.05) is 0 Å². The molecular weight excluding hydrogens is 1560 g/mol. The van der Waals surface area contributed by atoms with Gasteiger partial charge in [-0.3, -0.25) is 0 Å². The summed E-state index contributed by atoms with van der Waals surface area (Å²) in [5, 5.41) is 9.81. The molecule has 21 aromatic rings. The molecule has 6 nitrogen and oxygen atoms in total. The molecule has 23 rings (SSSR count). The molecule has 0 fully saturated rings. The van der Waals surface area contributed by atoms with Gasteiger partial charge in [-0.1, -0.05) is 316 Å². The molecule has 0 unspecified atom stereocenters. The minimum Gasteiger partial charge on any atom is -0.311 e. The Labute approximate surface area is 757 Å². The smallest absolute Gasteiger partial charge is 0.252 e. The summed E-state index contributed by atoms with van der Waals surface area (Å²) in [5.74, 6) is 0. The summed E-state index contributed by atoms with van der Waals surface area (Å²) in [7, 11) is 0. The third-order valence-corrected chi connectivity index (χ3v) is 28.0. The van der Waals surface area contributed by atoms with Crippen molar-refractivity contribution in [2.24, 2.45) is 0 Å². The van der Waals surface area contributed by atoms with E-state index in [0.717, 1.165) is 123 Å². The van der Waals surface area contributed by atoms with Crippen molar-refractivity contribution >= 4 is 144 Å². The van der Waals surface area contributed by atoms with Crippen LogP contribution in [0.15, 0.2) is 364 Å². The van der Waals surface area contributed by atoms with Gasteiger partial charge in [0.05, 0.1) is 55.5 Å². The van der Waals surface area contributed by atoms with Gasteiger partial charge < -0.3 is 28.1 Å². The second kappa shape index (κ2) is 29.1. The maximum Gasteiger partial charge on any atom is 0.252 e. The topological polar surface area (TPSA) is 26.2 Å². The average molecular weight is 1670 g/mol. The van der Waals surface area contributed by atoms with Gasteiger partial charge in [0.2, 0.25) is 0 Å². The summed E-state index contributed by atoms with van der Waals surface area (Å²) in [6.07, 6.45) is 0. The van der Waals surface area contributed by atoms with Crippen LogP contribution in [0.3, 0.4) is 0 Å². The number of para-hydroxylation sites is 3. The van der Waals surface area contributed by atoms with Gasteiger partial charge in [-0.15, -0.1) is 0 Å². The molecule has 0 aliphatic carbocycles. The van der Waals surface area contributed by atoms with E-state index in [4.69, 9.17) is 0 Å². The number of fused-ring (bicyclic) bond motifs is 16. The highest BCUT2D eigenvalue weighted by Crippen LogP contribution is 2.55. The van der Waals surface area contributed by atoms with Crippen molar-refractivity contribution in [3.63, 3.8) is 0 Å². The highest BCUT2D eigenvalue weighted by atomic mass is 15.2. The predicted octanol–water partition coefficient (Wildman–Crippen LogP) is 31.3. The van der Waals surface area contributed by atoms with Crippen molar-refractivity contribution in [1.29, 1.82) is 0 Å². The van der Waals surface area contributed by atoms with Crippen LogP contribution >= 0.6 is 0 Å². The minimum atomic E-state index is -0.333. The van der Waals surface area contributed by atoms with Gasteiger partial charge in [0.15, 0.2) is 0 Å². The van der Waals surface area contributed by atoms with Gasteiger partial charge in [0.1, 0.15) is 0 Å². The zero-order valence-corrected chi connectivity index (χ0v) is 76.4. The molecule has 0 spiro atoms. The molecule has 626 valence electrons. The van der Waals surface area contributed by atoms with Crippen molar-refractivity contribution in [2.45, 2.75) is 131 Å². The van der Waals surface area contributed by atoms with E-state index in [-0.39, 0.29) is 33.8 Å². The molecule has 2 aliphatic heterocycles. The summed E-state index contributed by atoms with van der Waals surface area (Å²) in [4.78, 5) is 5.46. The first-order valence-corrected chi connectivity index (χ1v) is 46.0. The van der Waals surface area contributed by atoms with Crippen LogP contribution in [-0.2, 0) is 27.1 Å². The monoisotopic (exact) mass is 1660 g/mol. The fourth-order valence-electron chi connectivity index (χ4n) is 21.2. The van der Waals surface area contributed by atoms with Gasteiger partial charge in [0.25, 0.3) is 6.71 Å². The summed E-state index contributed by atoms with van der Waals surface area (Å²) in [6, 6.07) is 141. The van der Waals surface area contributed by atoms with Crippen LogP contribution in [-0.4, -0.2) is 25.0 Å². The van der Waals surface area contributed by atoms with Gasteiger partial charge in [-0.2, -0.15) is 0 Å². The highest BCUT2D eigenvalue weighted by molar-refractivity contribution is 7.00. The second-order valence-corrected chi connectivity index (χ2v) is 41.4. The Kier molecular flexibility index (Phi) is 17.9. The lowest BCUT2D eigenvalue weighted by atomic mass is 9.33. The Balaban J connectivity index is 0.893. The van der Waals surface area contributed by atoms with Crippen molar-refractivity contribution in [3.8, 4) is 67.3 Å². The number of hydrogen-bond donors (Lipinski definition) is 0. The Morgan fingerprint density at radius 2 is 0.473 bits per heavy atom. The SMILES string of the molecule is CC(C)(C)c1cc(-c2ccccc2)c(N2c3cc(-n4c5ccc(C(C)(C)C)cc5c5cc(C(C)(C)C)ccc54)ccc3B3c4ccc(-n5c6ccccc6c6cc(-n7c8ccccc8c8ccccc87)ccc65)cc4N(c4cc(-c5ccccc5)cc(-c5ccccc5)c4)c4cc(-n5c6ccc(C(C)(C)C)cc6c6cc(C(C)(C)C)ccc65)cc2c43)c(-c2ccccc2)c1. The molecule has 0 amide bonds. The molecule has 7 heteroatoms. The van der Waals surface area contributed by atoms with E-state index >= 15 is 0 Å². The number of benzene rings is 17. The van der Waals surface area contributed by atoms with E-state index in [1.54, 1.807) is 0 Å². The Bertz CT molecular complexity index is 7870. The number of rotatable bonds is 10. The number of anilines is 6. The van der Waals surface area contributed by atoms with Crippen LogP contribution in [0.4, 0.5) is 34.1 Å². The summed E-state index contributed by atoms with van der Waals surface area (Å²) < 4.78 is 10.2. The van der Waals surface area contributed by atoms with Crippen LogP contribution in [0.5, 0.6) is 0 Å². The lowest BCUT2D eigenvalue weighted by Crippen LogP contribution is -2.61. The molecule has 0 saturated heterocycles. The molecule has 17 aromatic carbocycles. The van der Waals surface area contributed by atoms with E-state index in [2.05, 4.69) is 496 Å². The van der Waals surface area contributed by atoms with Gasteiger partial charge >= 0.3 is 0 Å². The number of aromatic nitrogens is 4. The van der Waals surface area contributed by atoms with Crippen molar-refractivity contribution in [2.75, 3.05) is 9.80 Å². The van der Waals surface area contributed by atoms with Crippen LogP contribution < -0.4 is 26.2 Å². The van der Waals surface area contributed by atoms with E-state index in [9.17, 15) is 0 Å². The van der Waals surface area contributed by atoms with Crippen molar-refractivity contribution in [3.05, 3.63) is 392 Å². The van der Waals surface area contributed by atoms with Gasteiger partial charge in [-0.05, 0) is 256 Å². The Hall–Kier alpha value is -14.4. The highest BCUT2D eigenvalue weighted by Gasteiger charge is 2.46. The summed E-state index contributed by atoms with van der Waals surface area (Å²) in [6.45, 7) is 35.0. The standard InChI is InChI=1S/C122H105BN6/c1-118(2,3)82-48-57-107-97(65-82)98-66-83(119(4,5)6)49-58-108(98)126(107)89-53-56-103-113(73-89)129(117-95(78-38-24-18-25-39-78)69-86(122(13,14)15)70-96(117)79-40-26-19-27-41-79)115-75-91(127-109-59-50-84(120(7,8)9)67-99(109)100-68-85(121(10,11)12)51-60-110(100)127)74-114-116(115)123(103)102-55-52-88(72-112(102)128(114)90-63-80(76-34-20-16-21-35-76)62-81(64-90)77-36-22-17-23-37-77)125-106-47-33-30-44-94(106)101-71-87(54-61-111(101)125)124-104-45-31-28-42-92(104)93-43-29-32-46-105(93)124/h16-75H,1-15H3. The van der Waals surface area contributed by atoms with Gasteiger partial charge in [0, 0.05) is 99.7 Å². The largest absolute Gasteiger partial charge is 0.311 e. The molecule has 0 radical (unpaired) electrons. The van der Waals surface area contributed by atoms with Crippen LogP contribution in [0.2, 0.25) is 0 Å². The molecule has 0 N–H and O–H groups in total. The fourth-order valence-corrected chi connectivity index (χ4v) is 21.2. The lowest BCUT2D eigenvalue weighted by molar-refractivity contribution is 0.590. The van der Waals surface area contributed by atoms with Crippen LogP contribution in [0.25, 0.3) is 154 Å². The zero-order chi connectivity index (χ0) is 88.2. The summed E-state index contributed by atoms with van der Waals surface area (Å²) in [5.41, 5.74) is 38.6. The van der Waals surface area contributed by atoms with E-state index in [1.165, 1.54) is 109 Å². The summed E-state index contributed by atoms with van der Waals surface area (Å²) >= 11 is 0. The average Bonchev–Trinajstić information content (AvgIpc) is 1.13. The maximum absolute atomic E-state index is 2.76. The van der Waals surface area contributed by atoms with E-state index in [0.29, 0.717) is 0 Å². The van der Waals surface area contributed by atoms with Crippen LogP contribution in [0.1, 0.15) is 132 Å². The van der Waals surface area contributed by atoms with Crippen molar-refractivity contribution < 1.29 is 0 Å². The normalized spacial score (nSPS) is 13.2. The third kappa shape index (κ3) is 12.9.